The summed E-state index contributed by atoms with van der Waals surface area (Å²) in [7, 11) is 0. The second-order valence-corrected chi connectivity index (χ2v) is 4.89. The lowest BCUT2D eigenvalue weighted by Crippen LogP contribution is -2.35. The van der Waals surface area contributed by atoms with Gasteiger partial charge in [0, 0.05) is 17.6 Å². The molecule has 0 radical (unpaired) electrons. The van der Waals surface area contributed by atoms with Crippen molar-refractivity contribution in [3.05, 3.63) is 34.9 Å². The summed E-state index contributed by atoms with van der Waals surface area (Å²) in [6.45, 7) is 4.69. The van der Waals surface area contributed by atoms with Crippen molar-refractivity contribution in [2.24, 2.45) is 5.92 Å². The fraction of sp³-hybridized carbons (Fsp3) is 0.462. The van der Waals surface area contributed by atoms with Gasteiger partial charge in [-0.15, -0.1) is 0 Å². The highest BCUT2D eigenvalue weighted by atomic mass is 35.5. The highest BCUT2D eigenvalue weighted by Gasteiger charge is 2.16. The minimum absolute atomic E-state index is 0.0109. The Morgan fingerprint density at radius 3 is 2.41 bits per heavy atom. The molecule has 0 aliphatic heterocycles. The summed E-state index contributed by atoms with van der Waals surface area (Å²) in [6.07, 6.45) is 0.144. The quantitative estimate of drug-likeness (QED) is 0.822. The summed E-state index contributed by atoms with van der Waals surface area (Å²) in [6, 6.07) is 7.53. The maximum Gasteiger partial charge on any atom is 0.304 e. The number of carboxylic acid groups (broad SMARTS) is 1. The van der Waals surface area contributed by atoms with Gasteiger partial charge in [-0.3, -0.25) is 4.79 Å². The monoisotopic (exact) mass is 255 g/mol. The van der Waals surface area contributed by atoms with Gasteiger partial charge in [-0.1, -0.05) is 37.6 Å². The molecular formula is C13H18ClNO2. The Morgan fingerprint density at radius 1 is 1.35 bits per heavy atom. The van der Waals surface area contributed by atoms with E-state index < -0.39 is 5.97 Å². The third-order valence-corrected chi connectivity index (χ3v) is 2.93. The summed E-state index contributed by atoms with van der Waals surface area (Å²) in [5.74, 6) is -0.481. The summed E-state index contributed by atoms with van der Waals surface area (Å²) < 4.78 is 0. The van der Waals surface area contributed by atoms with E-state index in [1.807, 2.05) is 38.1 Å². The predicted molar refractivity (Wildman–Crippen MR) is 69.2 cm³/mol. The molecule has 0 aromatic heterocycles. The van der Waals surface area contributed by atoms with E-state index in [9.17, 15) is 4.79 Å². The fourth-order valence-corrected chi connectivity index (χ4v) is 1.71. The Morgan fingerprint density at radius 2 is 1.94 bits per heavy atom. The number of rotatable bonds is 6. The van der Waals surface area contributed by atoms with E-state index in [0.717, 1.165) is 5.56 Å². The smallest absolute Gasteiger partial charge is 0.304 e. The molecule has 1 aromatic rings. The molecule has 0 saturated heterocycles. The van der Waals surface area contributed by atoms with E-state index in [0.29, 0.717) is 17.5 Å². The molecule has 0 heterocycles. The van der Waals surface area contributed by atoms with Crippen molar-refractivity contribution in [2.45, 2.75) is 32.9 Å². The maximum absolute atomic E-state index is 10.7. The van der Waals surface area contributed by atoms with E-state index in [1.54, 1.807) is 0 Å². The third kappa shape index (κ3) is 5.20. The van der Waals surface area contributed by atoms with Crippen molar-refractivity contribution in [3.63, 3.8) is 0 Å². The van der Waals surface area contributed by atoms with Crippen molar-refractivity contribution in [1.82, 2.24) is 5.32 Å². The summed E-state index contributed by atoms with van der Waals surface area (Å²) >= 11 is 5.80. The largest absolute Gasteiger partial charge is 0.481 e. The lowest BCUT2D eigenvalue weighted by molar-refractivity contribution is -0.137. The molecule has 1 atom stereocenters. The van der Waals surface area contributed by atoms with Crippen molar-refractivity contribution >= 4 is 17.6 Å². The third-order valence-electron chi connectivity index (χ3n) is 2.68. The Kier molecular flexibility index (Phi) is 5.45. The zero-order valence-corrected chi connectivity index (χ0v) is 10.9. The Hall–Kier alpha value is -1.06. The number of hydrogen-bond donors (Lipinski definition) is 2. The highest BCUT2D eigenvalue weighted by molar-refractivity contribution is 6.30. The Bertz CT molecular complexity index is 362. The number of carboxylic acids is 1. The second kappa shape index (κ2) is 6.62. The van der Waals surface area contributed by atoms with Gasteiger partial charge in [0.05, 0.1) is 6.42 Å². The fourth-order valence-electron chi connectivity index (χ4n) is 1.58. The molecule has 4 heteroatoms. The van der Waals surface area contributed by atoms with Crippen LogP contribution in [0.25, 0.3) is 0 Å². The van der Waals surface area contributed by atoms with Crippen LogP contribution >= 0.6 is 11.6 Å². The van der Waals surface area contributed by atoms with E-state index in [-0.39, 0.29) is 12.5 Å². The first-order chi connectivity index (χ1) is 7.99. The average Bonchev–Trinajstić information content (AvgIpc) is 2.25. The minimum atomic E-state index is -0.771. The van der Waals surface area contributed by atoms with Gasteiger partial charge in [-0.05, 0) is 23.6 Å². The minimum Gasteiger partial charge on any atom is -0.481 e. The first-order valence-corrected chi connectivity index (χ1v) is 6.06. The molecule has 0 spiro atoms. The molecule has 1 aromatic carbocycles. The first-order valence-electron chi connectivity index (χ1n) is 5.68. The van der Waals surface area contributed by atoms with Crippen molar-refractivity contribution in [2.75, 3.05) is 0 Å². The van der Waals surface area contributed by atoms with Gasteiger partial charge in [0.15, 0.2) is 0 Å². The summed E-state index contributed by atoms with van der Waals surface area (Å²) in [5.41, 5.74) is 1.10. The van der Waals surface area contributed by atoms with Crippen LogP contribution in [-0.4, -0.2) is 17.1 Å². The molecule has 3 nitrogen and oxygen atoms in total. The zero-order valence-electron chi connectivity index (χ0n) is 10.1. The van der Waals surface area contributed by atoms with Crippen LogP contribution in [0, 0.1) is 5.92 Å². The molecule has 0 amide bonds. The molecule has 0 saturated carbocycles. The van der Waals surface area contributed by atoms with Crippen LogP contribution in [0.4, 0.5) is 0 Å². The molecule has 0 bridgehead atoms. The number of halogens is 1. The van der Waals surface area contributed by atoms with Crippen LogP contribution in [0.15, 0.2) is 24.3 Å². The lowest BCUT2D eigenvalue weighted by atomic mass is 10.0. The number of hydrogen-bond acceptors (Lipinski definition) is 2. The molecule has 0 aliphatic carbocycles. The van der Waals surface area contributed by atoms with Crippen molar-refractivity contribution in [1.29, 1.82) is 0 Å². The Labute approximate surface area is 107 Å². The maximum atomic E-state index is 10.7. The molecule has 17 heavy (non-hydrogen) atoms. The summed E-state index contributed by atoms with van der Waals surface area (Å²) in [4.78, 5) is 10.7. The summed E-state index contributed by atoms with van der Waals surface area (Å²) in [5, 5.41) is 12.8. The first kappa shape index (κ1) is 14.0. The number of nitrogens with one attached hydrogen (secondary N) is 1. The molecular weight excluding hydrogens is 238 g/mol. The van der Waals surface area contributed by atoms with Crippen LogP contribution in [0.5, 0.6) is 0 Å². The van der Waals surface area contributed by atoms with Crippen LogP contribution < -0.4 is 5.32 Å². The Balaban J connectivity index is 2.51. The number of carbonyl (C=O) groups is 1. The predicted octanol–water partition coefficient (Wildman–Crippen LogP) is 2.93. The van der Waals surface area contributed by atoms with Crippen LogP contribution in [0.1, 0.15) is 25.8 Å². The van der Waals surface area contributed by atoms with Crippen molar-refractivity contribution < 1.29 is 9.90 Å². The topological polar surface area (TPSA) is 49.3 Å². The van der Waals surface area contributed by atoms with Gasteiger partial charge in [0.25, 0.3) is 0 Å². The van der Waals surface area contributed by atoms with E-state index in [1.165, 1.54) is 0 Å². The second-order valence-electron chi connectivity index (χ2n) is 4.46. The van der Waals surface area contributed by atoms with E-state index in [4.69, 9.17) is 16.7 Å². The average molecular weight is 256 g/mol. The molecule has 94 valence electrons. The van der Waals surface area contributed by atoms with Gasteiger partial charge in [0.1, 0.15) is 0 Å². The molecule has 0 aliphatic rings. The van der Waals surface area contributed by atoms with Crippen molar-refractivity contribution in [3.8, 4) is 0 Å². The SMILES string of the molecule is CC(C)C(CC(=O)O)NCc1ccc(Cl)cc1. The van der Waals surface area contributed by atoms with Gasteiger partial charge in [0.2, 0.25) is 0 Å². The molecule has 1 unspecified atom stereocenters. The normalized spacial score (nSPS) is 12.7. The van der Waals surface area contributed by atoms with Gasteiger partial charge < -0.3 is 10.4 Å². The molecule has 1 rings (SSSR count). The highest BCUT2D eigenvalue weighted by Crippen LogP contribution is 2.11. The van der Waals surface area contributed by atoms with E-state index in [2.05, 4.69) is 5.32 Å². The number of aliphatic carboxylic acids is 1. The number of benzene rings is 1. The standard InChI is InChI=1S/C13H18ClNO2/c1-9(2)12(7-13(16)17)15-8-10-3-5-11(14)6-4-10/h3-6,9,12,15H,7-8H2,1-2H3,(H,16,17). The van der Waals surface area contributed by atoms with Gasteiger partial charge in [-0.25, -0.2) is 0 Å². The van der Waals surface area contributed by atoms with Crippen LogP contribution in [0.3, 0.4) is 0 Å². The van der Waals surface area contributed by atoms with Gasteiger partial charge in [-0.2, -0.15) is 0 Å². The van der Waals surface area contributed by atoms with Crippen LogP contribution in [0.2, 0.25) is 5.02 Å². The molecule has 2 N–H and O–H groups in total. The van der Waals surface area contributed by atoms with Gasteiger partial charge >= 0.3 is 5.97 Å². The zero-order chi connectivity index (χ0) is 12.8. The lowest BCUT2D eigenvalue weighted by Gasteiger charge is -2.20. The molecule has 0 fully saturated rings. The van der Waals surface area contributed by atoms with Crippen LogP contribution in [-0.2, 0) is 11.3 Å². The van der Waals surface area contributed by atoms with E-state index >= 15 is 0 Å².